The summed E-state index contributed by atoms with van der Waals surface area (Å²) in [5.41, 5.74) is 3.46. The maximum absolute atomic E-state index is 10.8. The largest absolute Gasteiger partial charge is 0.493 e. The molecule has 1 fully saturated rings. The van der Waals surface area contributed by atoms with E-state index >= 15 is 0 Å². The number of rotatable bonds is 4. The quantitative estimate of drug-likeness (QED) is 0.624. The Morgan fingerprint density at radius 2 is 2.08 bits per heavy atom. The molecule has 3 aromatic rings. The monoisotopic (exact) mass is 352 g/mol. The molecule has 6 heteroatoms. The van der Waals surface area contributed by atoms with E-state index in [0.717, 1.165) is 22.4 Å². The van der Waals surface area contributed by atoms with E-state index in [0.29, 0.717) is 23.3 Å². The van der Waals surface area contributed by atoms with E-state index < -0.39 is 0 Å². The molecule has 0 bridgehead atoms. The molecule has 2 aromatic heterocycles. The van der Waals surface area contributed by atoms with Crippen LogP contribution in [0.25, 0.3) is 10.9 Å². The van der Waals surface area contributed by atoms with Crippen molar-refractivity contribution in [1.82, 2.24) is 9.55 Å². The standard InChI is InChI=1S/C19H20N4OS/c1-12(2)13-5-6-17-16(8-13)18(19(24)23(17)15-10-25-11-15)22-21-14-4-3-7-20-9-14/h3-9,12,15,24H,10-11H2,1-2H3. The van der Waals surface area contributed by atoms with E-state index in [1.165, 1.54) is 5.56 Å². The lowest BCUT2D eigenvalue weighted by atomic mass is 10.0. The van der Waals surface area contributed by atoms with Crippen molar-refractivity contribution in [2.75, 3.05) is 11.5 Å². The summed E-state index contributed by atoms with van der Waals surface area (Å²) < 4.78 is 2.01. The van der Waals surface area contributed by atoms with Crippen molar-refractivity contribution in [3.05, 3.63) is 48.3 Å². The van der Waals surface area contributed by atoms with Crippen LogP contribution in [0.2, 0.25) is 0 Å². The van der Waals surface area contributed by atoms with E-state index in [9.17, 15) is 5.11 Å². The van der Waals surface area contributed by atoms with E-state index in [1.54, 1.807) is 12.4 Å². The molecular formula is C19H20N4OS. The lowest BCUT2D eigenvalue weighted by Gasteiger charge is -2.27. The summed E-state index contributed by atoms with van der Waals surface area (Å²) in [6.45, 7) is 4.33. The third-order valence-corrected chi connectivity index (χ3v) is 5.78. The molecule has 4 rings (SSSR count). The Bertz CT molecular complexity index is 929. The van der Waals surface area contributed by atoms with Gasteiger partial charge in [-0.3, -0.25) is 4.98 Å². The summed E-state index contributed by atoms with van der Waals surface area (Å²) in [6, 6.07) is 10.3. The van der Waals surface area contributed by atoms with Gasteiger partial charge in [-0.2, -0.15) is 11.8 Å². The number of thioether (sulfide) groups is 1. The second-order valence-electron chi connectivity index (χ2n) is 6.58. The Hall–Kier alpha value is -2.34. The lowest BCUT2D eigenvalue weighted by molar-refractivity contribution is 0.406. The SMILES string of the molecule is CC(C)c1ccc2c(c1)c(N=Nc1cccnc1)c(O)n2C1CSC1. The van der Waals surface area contributed by atoms with Crippen molar-refractivity contribution in [3.63, 3.8) is 0 Å². The zero-order chi connectivity index (χ0) is 17.4. The number of nitrogens with zero attached hydrogens (tertiary/aromatic N) is 4. The highest BCUT2D eigenvalue weighted by Gasteiger charge is 2.27. The highest BCUT2D eigenvalue weighted by Crippen LogP contribution is 2.45. The highest BCUT2D eigenvalue weighted by atomic mass is 32.2. The minimum absolute atomic E-state index is 0.203. The smallest absolute Gasteiger partial charge is 0.221 e. The summed E-state index contributed by atoms with van der Waals surface area (Å²) in [5.74, 6) is 2.65. The molecule has 0 atom stereocenters. The predicted molar refractivity (Wildman–Crippen MR) is 102 cm³/mol. The van der Waals surface area contributed by atoms with E-state index in [-0.39, 0.29) is 5.88 Å². The van der Waals surface area contributed by atoms with Gasteiger partial charge in [-0.15, -0.1) is 10.2 Å². The zero-order valence-electron chi connectivity index (χ0n) is 14.3. The summed E-state index contributed by atoms with van der Waals surface area (Å²) >= 11 is 1.89. The van der Waals surface area contributed by atoms with E-state index in [4.69, 9.17) is 0 Å². The number of hydrogen-bond acceptors (Lipinski definition) is 5. The summed E-state index contributed by atoms with van der Waals surface area (Å²) in [6.07, 6.45) is 3.35. The van der Waals surface area contributed by atoms with Crippen LogP contribution in [-0.2, 0) is 0 Å². The molecule has 128 valence electrons. The van der Waals surface area contributed by atoms with Crippen LogP contribution in [0, 0.1) is 0 Å². The number of aromatic hydroxyl groups is 1. The van der Waals surface area contributed by atoms with Gasteiger partial charge < -0.3 is 9.67 Å². The molecule has 0 aliphatic carbocycles. The molecule has 1 saturated heterocycles. The number of benzene rings is 1. The van der Waals surface area contributed by atoms with Crippen LogP contribution < -0.4 is 0 Å². The maximum atomic E-state index is 10.8. The fourth-order valence-electron chi connectivity index (χ4n) is 3.02. The molecule has 5 nitrogen and oxygen atoms in total. The number of azo groups is 1. The van der Waals surface area contributed by atoms with Gasteiger partial charge in [-0.05, 0) is 35.7 Å². The van der Waals surface area contributed by atoms with Crippen LogP contribution >= 0.6 is 11.8 Å². The van der Waals surface area contributed by atoms with E-state index in [1.807, 2.05) is 28.5 Å². The molecule has 0 spiro atoms. The van der Waals surface area contributed by atoms with Crippen LogP contribution in [0.5, 0.6) is 5.88 Å². The first-order valence-corrected chi connectivity index (χ1v) is 9.57. The van der Waals surface area contributed by atoms with Gasteiger partial charge in [0.2, 0.25) is 5.88 Å². The van der Waals surface area contributed by atoms with Gasteiger partial charge in [0, 0.05) is 23.1 Å². The maximum Gasteiger partial charge on any atom is 0.221 e. The molecule has 0 amide bonds. The fraction of sp³-hybridized carbons (Fsp3) is 0.316. The Morgan fingerprint density at radius 3 is 2.72 bits per heavy atom. The lowest BCUT2D eigenvalue weighted by Crippen LogP contribution is -2.22. The van der Waals surface area contributed by atoms with Crippen molar-refractivity contribution in [3.8, 4) is 5.88 Å². The number of aromatic nitrogens is 2. The van der Waals surface area contributed by atoms with Crippen molar-refractivity contribution in [1.29, 1.82) is 0 Å². The van der Waals surface area contributed by atoms with Crippen molar-refractivity contribution in [2.45, 2.75) is 25.8 Å². The molecule has 3 heterocycles. The van der Waals surface area contributed by atoms with Crippen LogP contribution in [0.3, 0.4) is 0 Å². The minimum atomic E-state index is 0.203. The van der Waals surface area contributed by atoms with Crippen LogP contribution in [-0.4, -0.2) is 26.2 Å². The Balaban J connectivity index is 1.87. The zero-order valence-corrected chi connectivity index (χ0v) is 15.1. The summed E-state index contributed by atoms with van der Waals surface area (Å²) in [7, 11) is 0. The average Bonchev–Trinajstić information content (AvgIpc) is 2.84. The fourth-order valence-corrected chi connectivity index (χ4v) is 3.77. The van der Waals surface area contributed by atoms with Crippen LogP contribution in [0.4, 0.5) is 11.4 Å². The predicted octanol–water partition coefficient (Wildman–Crippen LogP) is 5.57. The Labute approximate surface area is 150 Å². The molecule has 25 heavy (non-hydrogen) atoms. The molecule has 1 aromatic carbocycles. The molecule has 0 radical (unpaired) electrons. The van der Waals surface area contributed by atoms with Crippen molar-refractivity contribution >= 4 is 34.0 Å². The average molecular weight is 352 g/mol. The second-order valence-corrected chi connectivity index (χ2v) is 7.65. The van der Waals surface area contributed by atoms with Gasteiger partial charge >= 0.3 is 0 Å². The third kappa shape index (κ3) is 2.91. The van der Waals surface area contributed by atoms with Gasteiger partial charge in [-0.25, -0.2) is 0 Å². The van der Waals surface area contributed by atoms with Gasteiger partial charge in [0.15, 0.2) is 5.69 Å². The molecule has 1 N–H and O–H groups in total. The Kier molecular flexibility index (Phi) is 4.21. The molecule has 0 saturated carbocycles. The van der Waals surface area contributed by atoms with Gasteiger partial charge in [0.25, 0.3) is 0 Å². The minimum Gasteiger partial charge on any atom is -0.493 e. The van der Waals surface area contributed by atoms with Crippen LogP contribution in [0.15, 0.2) is 53.0 Å². The number of pyridine rings is 1. The van der Waals surface area contributed by atoms with Crippen LogP contribution in [0.1, 0.15) is 31.4 Å². The van der Waals surface area contributed by atoms with E-state index in [2.05, 4.69) is 47.3 Å². The summed E-state index contributed by atoms with van der Waals surface area (Å²) in [4.78, 5) is 4.05. The second kappa shape index (κ2) is 6.52. The summed E-state index contributed by atoms with van der Waals surface area (Å²) in [5, 5.41) is 20.4. The first-order valence-electron chi connectivity index (χ1n) is 8.41. The molecule has 1 aliphatic heterocycles. The molecular weight excluding hydrogens is 332 g/mol. The molecule has 0 unspecified atom stereocenters. The number of fused-ring (bicyclic) bond motifs is 1. The first-order chi connectivity index (χ1) is 12.1. The topological polar surface area (TPSA) is 62.8 Å². The van der Waals surface area contributed by atoms with Gasteiger partial charge in [-0.1, -0.05) is 19.9 Å². The van der Waals surface area contributed by atoms with Crippen molar-refractivity contribution < 1.29 is 5.11 Å². The first kappa shape index (κ1) is 16.1. The van der Waals surface area contributed by atoms with Crippen molar-refractivity contribution in [2.24, 2.45) is 10.2 Å². The molecule has 1 aliphatic rings. The third-order valence-electron chi connectivity index (χ3n) is 4.54. The van der Waals surface area contributed by atoms with Gasteiger partial charge in [0.05, 0.1) is 17.8 Å². The Morgan fingerprint density at radius 1 is 1.24 bits per heavy atom. The number of hydrogen-bond donors (Lipinski definition) is 1. The highest BCUT2D eigenvalue weighted by molar-refractivity contribution is 8.00. The normalized spacial score (nSPS) is 15.3. The van der Waals surface area contributed by atoms with Gasteiger partial charge in [0.1, 0.15) is 5.69 Å².